The molecule has 1 aromatic heterocycles. The number of nitrogens with one attached hydrogen (secondary N) is 1. The summed E-state index contributed by atoms with van der Waals surface area (Å²) in [4.78, 5) is 23.5. The van der Waals surface area contributed by atoms with Crippen LogP contribution in [0.15, 0.2) is 27.4 Å². The van der Waals surface area contributed by atoms with Crippen molar-refractivity contribution in [3.8, 4) is 5.75 Å². The molecule has 0 saturated heterocycles. The Morgan fingerprint density at radius 1 is 1.28 bits per heavy atom. The lowest BCUT2D eigenvalue weighted by molar-refractivity contribution is -0.123. The van der Waals surface area contributed by atoms with Crippen LogP contribution in [0.1, 0.15) is 37.7 Å². The van der Waals surface area contributed by atoms with Crippen LogP contribution >= 0.6 is 11.6 Å². The second kappa shape index (κ2) is 7.91. The number of aryl methyl sites for hydroxylation is 1. The maximum Gasteiger partial charge on any atom is 0.336 e. The van der Waals surface area contributed by atoms with Crippen molar-refractivity contribution < 1.29 is 13.9 Å². The van der Waals surface area contributed by atoms with Gasteiger partial charge in [-0.15, -0.1) is 0 Å². The van der Waals surface area contributed by atoms with E-state index in [1.807, 2.05) is 6.92 Å². The summed E-state index contributed by atoms with van der Waals surface area (Å²) in [6.45, 7) is 2.39. The fourth-order valence-corrected chi connectivity index (χ4v) is 3.49. The van der Waals surface area contributed by atoms with Crippen molar-refractivity contribution in [2.75, 3.05) is 13.2 Å². The fraction of sp³-hybridized carbons (Fsp3) is 0.474. The van der Waals surface area contributed by atoms with E-state index in [1.54, 1.807) is 12.1 Å². The minimum absolute atomic E-state index is 0.117. The van der Waals surface area contributed by atoms with E-state index in [1.165, 1.54) is 38.2 Å². The van der Waals surface area contributed by atoms with Crippen molar-refractivity contribution in [1.29, 1.82) is 0 Å². The molecule has 0 spiro atoms. The molecule has 1 saturated carbocycles. The molecular formula is C19H22ClNO4. The Labute approximate surface area is 151 Å². The summed E-state index contributed by atoms with van der Waals surface area (Å²) in [5.74, 6) is 0.724. The predicted octanol–water partition coefficient (Wildman–Crippen LogP) is 3.83. The van der Waals surface area contributed by atoms with Gasteiger partial charge in [0.1, 0.15) is 11.3 Å². The molecule has 1 heterocycles. The maximum atomic E-state index is 12.0. The summed E-state index contributed by atoms with van der Waals surface area (Å²) in [5.41, 5.74) is 0.750. The summed E-state index contributed by atoms with van der Waals surface area (Å²) >= 11 is 6.22. The predicted molar refractivity (Wildman–Crippen MR) is 97.3 cm³/mol. The van der Waals surface area contributed by atoms with Crippen LogP contribution in [-0.2, 0) is 4.79 Å². The van der Waals surface area contributed by atoms with Gasteiger partial charge in [-0.05, 0) is 37.3 Å². The van der Waals surface area contributed by atoms with E-state index >= 15 is 0 Å². The highest BCUT2D eigenvalue weighted by atomic mass is 35.5. The Morgan fingerprint density at radius 2 is 2.04 bits per heavy atom. The van der Waals surface area contributed by atoms with Gasteiger partial charge >= 0.3 is 5.63 Å². The Hall–Kier alpha value is -2.01. The zero-order valence-corrected chi connectivity index (χ0v) is 15.0. The van der Waals surface area contributed by atoms with Crippen molar-refractivity contribution >= 4 is 28.5 Å². The number of ether oxygens (including phenoxy) is 1. The molecule has 1 N–H and O–H groups in total. The lowest BCUT2D eigenvalue weighted by Crippen LogP contribution is -2.33. The number of carbonyl (C=O) groups excluding carboxylic acids is 1. The lowest BCUT2D eigenvalue weighted by Gasteiger charge is -2.21. The number of hydrogen-bond donors (Lipinski definition) is 1. The Balaban J connectivity index is 1.61. The first-order valence-electron chi connectivity index (χ1n) is 8.66. The molecule has 1 aromatic carbocycles. The van der Waals surface area contributed by atoms with Crippen LogP contribution in [0.2, 0.25) is 5.02 Å². The number of carbonyl (C=O) groups is 1. The molecule has 25 heavy (non-hydrogen) atoms. The van der Waals surface area contributed by atoms with Crippen LogP contribution in [0.4, 0.5) is 0 Å². The van der Waals surface area contributed by atoms with E-state index in [-0.39, 0.29) is 12.5 Å². The van der Waals surface area contributed by atoms with E-state index in [0.29, 0.717) is 28.8 Å². The number of rotatable bonds is 5. The monoisotopic (exact) mass is 363 g/mol. The molecule has 2 aromatic rings. The lowest BCUT2D eigenvalue weighted by atomic mass is 9.89. The van der Waals surface area contributed by atoms with Crippen molar-refractivity contribution in [3.05, 3.63) is 39.2 Å². The number of fused-ring (bicyclic) bond motifs is 1. The summed E-state index contributed by atoms with van der Waals surface area (Å²) in [7, 11) is 0. The molecule has 0 bridgehead atoms. The summed E-state index contributed by atoms with van der Waals surface area (Å²) < 4.78 is 10.7. The third kappa shape index (κ3) is 4.54. The first kappa shape index (κ1) is 17.8. The summed E-state index contributed by atoms with van der Waals surface area (Å²) in [6.07, 6.45) is 6.14. The molecular weight excluding hydrogens is 342 g/mol. The molecule has 134 valence electrons. The van der Waals surface area contributed by atoms with E-state index in [9.17, 15) is 9.59 Å². The zero-order chi connectivity index (χ0) is 17.8. The van der Waals surface area contributed by atoms with Crippen LogP contribution in [0.25, 0.3) is 11.0 Å². The van der Waals surface area contributed by atoms with Crippen LogP contribution in [0, 0.1) is 12.8 Å². The van der Waals surface area contributed by atoms with Gasteiger partial charge in [0.2, 0.25) is 0 Å². The third-order valence-corrected chi connectivity index (χ3v) is 4.97. The van der Waals surface area contributed by atoms with Gasteiger partial charge in [0, 0.05) is 24.1 Å². The molecule has 0 aliphatic heterocycles. The number of amides is 1. The first-order chi connectivity index (χ1) is 12.0. The Morgan fingerprint density at radius 3 is 2.80 bits per heavy atom. The minimum atomic E-state index is -0.427. The van der Waals surface area contributed by atoms with Crippen LogP contribution in [0.5, 0.6) is 5.75 Å². The number of halogens is 1. The summed E-state index contributed by atoms with van der Waals surface area (Å²) in [5, 5.41) is 4.05. The largest absolute Gasteiger partial charge is 0.482 e. The van der Waals surface area contributed by atoms with Crippen LogP contribution in [0.3, 0.4) is 0 Å². The third-order valence-electron chi connectivity index (χ3n) is 4.68. The SMILES string of the molecule is Cc1cc(=O)oc2cc(OCC(=O)NCC3CCCCC3)c(Cl)cc12. The molecule has 1 aliphatic rings. The average Bonchev–Trinajstić information content (AvgIpc) is 2.60. The molecule has 3 rings (SSSR count). The van der Waals surface area contributed by atoms with Crippen molar-refractivity contribution in [1.82, 2.24) is 5.32 Å². The highest BCUT2D eigenvalue weighted by molar-refractivity contribution is 6.32. The summed E-state index contributed by atoms with van der Waals surface area (Å²) in [6, 6.07) is 4.66. The average molecular weight is 364 g/mol. The molecule has 0 radical (unpaired) electrons. The smallest absolute Gasteiger partial charge is 0.336 e. The highest BCUT2D eigenvalue weighted by Crippen LogP contribution is 2.31. The second-order valence-electron chi connectivity index (χ2n) is 6.62. The fourth-order valence-electron chi connectivity index (χ4n) is 3.27. The van der Waals surface area contributed by atoms with Crippen LogP contribution in [-0.4, -0.2) is 19.1 Å². The van der Waals surface area contributed by atoms with Gasteiger partial charge in [0.25, 0.3) is 5.91 Å². The molecule has 1 aliphatic carbocycles. The zero-order valence-electron chi connectivity index (χ0n) is 14.3. The van der Waals surface area contributed by atoms with Gasteiger partial charge in [-0.1, -0.05) is 30.9 Å². The molecule has 1 amide bonds. The van der Waals surface area contributed by atoms with Crippen LogP contribution < -0.4 is 15.7 Å². The Bertz CT molecular complexity index is 824. The first-order valence-corrected chi connectivity index (χ1v) is 9.04. The Kier molecular flexibility index (Phi) is 5.63. The van der Waals surface area contributed by atoms with Gasteiger partial charge in [-0.2, -0.15) is 0 Å². The second-order valence-corrected chi connectivity index (χ2v) is 7.03. The van der Waals surface area contributed by atoms with Gasteiger partial charge in [-0.3, -0.25) is 4.79 Å². The number of hydrogen-bond acceptors (Lipinski definition) is 4. The van der Waals surface area contributed by atoms with E-state index in [4.69, 9.17) is 20.8 Å². The normalized spacial score (nSPS) is 15.3. The molecule has 0 unspecified atom stereocenters. The highest BCUT2D eigenvalue weighted by Gasteiger charge is 2.15. The molecule has 5 nitrogen and oxygen atoms in total. The maximum absolute atomic E-state index is 12.0. The minimum Gasteiger partial charge on any atom is -0.482 e. The van der Waals surface area contributed by atoms with Crippen molar-refractivity contribution in [2.24, 2.45) is 5.92 Å². The van der Waals surface area contributed by atoms with Gasteiger partial charge in [0.05, 0.1) is 5.02 Å². The molecule has 0 atom stereocenters. The van der Waals surface area contributed by atoms with E-state index < -0.39 is 5.63 Å². The van der Waals surface area contributed by atoms with Crippen molar-refractivity contribution in [3.63, 3.8) is 0 Å². The van der Waals surface area contributed by atoms with Crippen molar-refractivity contribution in [2.45, 2.75) is 39.0 Å². The quantitative estimate of drug-likeness (QED) is 0.820. The number of benzene rings is 1. The molecule has 1 fully saturated rings. The standard InChI is InChI=1S/C19H22ClNO4/c1-12-7-19(23)25-16-9-17(15(20)8-14(12)16)24-11-18(22)21-10-13-5-3-2-4-6-13/h7-9,13H,2-6,10-11H2,1H3,(H,21,22). The van der Waals surface area contributed by atoms with E-state index in [2.05, 4.69) is 5.32 Å². The van der Waals surface area contributed by atoms with E-state index in [0.717, 1.165) is 10.9 Å². The topological polar surface area (TPSA) is 68.5 Å². The van der Waals surface area contributed by atoms with Gasteiger partial charge in [0.15, 0.2) is 6.61 Å². The van der Waals surface area contributed by atoms with Gasteiger partial charge in [-0.25, -0.2) is 4.79 Å². The van der Waals surface area contributed by atoms with Gasteiger partial charge < -0.3 is 14.5 Å². The molecule has 6 heteroatoms.